The van der Waals surface area contributed by atoms with Gasteiger partial charge in [-0.3, -0.25) is 4.79 Å². The molecule has 0 aliphatic carbocycles. The maximum absolute atomic E-state index is 13.3. The molecule has 0 saturated carbocycles. The second-order valence-electron chi connectivity index (χ2n) is 8.27. The van der Waals surface area contributed by atoms with E-state index in [4.69, 9.17) is 9.47 Å². The van der Waals surface area contributed by atoms with E-state index in [1.165, 1.54) is 4.31 Å². The number of nitrogens with zero attached hydrogens (tertiary/aromatic N) is 3. The SMILES string of the molecule is CCN1C(=O)/C(=C\c2cc(C)n(CCOC)c2C)c2cc(S(=O)(=O)N3CCOCC3)ccc21. The summed E-state index contributed by atoms with van der Waals surface area (Å²) in [6.07, 6.45) is 1.88. The zero-order valence-electron chi connectivity index (χ0n) is 19.6. The van der Waals surface area contributed by atoms with Crippen molar-refractivity contribution >= 4 is 33.3 Å². The number of carbonyl (C=O) groups is 1. The van der Waals surface area contributed by atoms with Crippen molar-refractivity contribution in [3.05, 3.63) is 46.8 Å². The van der Waals surface area contributed by atoms with Crippen LogP contribution in [0.15, 0.2) is 29.2 Å². The number of ether oxygens (including phenoxy) is 2. The van der Waals surface area contributed by atoms with E-state index in [2.05, 4.69) is 4.57 Å². The van der Waals surface area contributed by atoms with Gasteiger partial charge in [0.15, 0.2) is 0 Å². The van der Waals surface area contributed by atoms with E-state index in [0.29, 0.717) is 50.6 Å². The predicted octanol–water partition coefficient (Wildman–Crippen LogP) is 2.68. The quantitative estimate of drug-likeness (QED) is 0.578. The molecular weight excluding hydrogens is 442 g/mol. The maximum atomic E-state index is 13.3. The smallest absolute Gasteiger partial charge is 0.258 e. The Morgan fingerprint density at radius 1 is 1.15 bits per heavy atom. The third-order valence-corrected chi connectivity index (χ3v) is 8.27. The Labute approximate surface area is 195 Å². The summed E-state index contributed by atoms with van der Waals surface area (Å²) in [6, 6.07) is 7.03. The number of hydrogen-bond acceptors (Lipinski definition) is 5. The van der Waals surface area contributed by atoms with E-state index in [1.807, 2.05) is 32.9 Å². The summed E-state index contributed by atoms with van der Waals surface area (Å²) in [5, 5.41) is 0. The largest absolute Gasteiger partial charge is 0.383 e. The van der Waals surface area contributed by atoms with Gasteiger partial charge in [0.05, 0.1) is 30.4 Å². The average molecular weight is 474 g/mol. The van der Waals surface area contributed by atoms with Crippen LogP contribution in [0.3, 0.4) is 0 Å². The Morgan fingerprint density at radius 3 is 2.55 bits per heavy atom. The molecule has 2 aliphatic heterocycles. The van der Waals surface area contributed by atoms with Crippen LogP contribution < -0.4 is 4.90 Å². The summed E-state index contributed by atoms with van der Waals surface area (Å²) < 4.78 is 40.6. The van der Waals surface area contributed by atoms with E-state index < -0.39 is 10.0 Å². The highest BCUT2D eigenvalue weighted by molar-refractivity contribution is 7.89. The molecule has 1 aromatic heterocycles. The minimum absolute atomic E-state index is 0.116. The molecule has 178 valence electrons. The number of methoxy groups -OCH3 is 1. The first kappa shape index (κ1) is 23.7. The summed E-state index contributed by atoms with van der Waals surface area (Å²) in [4.78, 5) is 15.2. The first-order valence-electron chi connectivity index (χ1n) is 11.2. The first-order chi connectivity index (χ1) is 15.8. The maximum Gasteiger partial charge on any atom is 0.258 e. The van der Waals surface area contributed by atoms with Gasteiger partial charge in [-0.15, -0.1) is 0 Å². The van der Waals surface area contributed by atoms with Gasteiger partial charge in [0.25, 0.3) is 5.91 Å². The lowest BCUT2D eigenvalue weighted by Gasteiger charge is -2.26. The van der Waals surface area contributed by atoms with Gasteiger partial charge >= 0.3 is 0 Å². The van der Waals surface area contributed by atoms with Gasteiger partial charge in [-0.25, -0.2) is 8.42 Å². The molecule has 9 heteroatoms. The highest BCUT2D eigenvalue weighted by Crippen LogP contribution is 2.40. The second kappa shape index (κ2) is 9.42. The van der Waals surface area contributed by atoms with Crippen molar-refractivity contribution in [1.29, 1.82) is 0 Å². The molecule has 2 aromatic rings. The Balaban J connectivity index is 1.78. The molecule has 0 spiro atoms. The minimum Gasteiger partial charge on any atom is -0.383 e. The normalized spacial score (nSPS) is 18.4. The molecule has 0 atom stereocenters. The summed E-state index contributed by atoms with van der Waals surface area (Å²) in [5.41, 5.74) is 4.97. The molecule has 1 fully saturated rings. The van der Waals surface area contributed by atoms with E-state index in [9.17, 15) is 13.2 Å². The molecular formula is C24H31N3O5S. The van der Waals surface area contributed by atoms with Crippen LogP contribution in [0, 0.1) is 13.8 Å². The number of aromatic nitrogens is 1. The Bertz CT molecular complexity index is 1190. The van der Waals surface area contributed by atoms with Crippen LogP contribution in [0.25, 0.3) is 11.6 Å². The number of morpholine rings is 1. The molecule has 33 heavy (non-hydrogen) atoms. The Hall–Kier alpha value is -2.46. The van der Waals surface area contributed by atoms with Gasteiger partial charge < -0.3 is 18.9 Å². The lowest BCUT2D eigenvalue weighted by molar-refractivity contribution is -0.112. The molecule has 1 amide bonds. The minimum atomic E-state index is -3.66. The van der Waals surface area contributed by atoms with Crippen LogP contribution >= 0.6 is 0 Å². The van der Waals surface area contributed by atoms with Crippen LogP contribution in [-0.4, -0.2) is 69.8 Å². The van der Waals surface area contributed by atoms with Crippen molar-refractivity contribution in [2.24, 2.45) is 0 Å². The molecule has 4 rings (SSSR count). The number of hydrogen-bond donors (Lipinski definition) is 0. The number of carbonyl (C=O) groups excluding carboxylic acids is 1. The van der Waals surface area contributed by atoms with Gasteiger partial charge in [0.2, 0.25) is 10.0 Å². The fourth-order valence-corrected chi connectivity index (χ4v) is 5.98. The van der Waals surface area contributed by atoms with Crippen molar-refractivity contribution in [1.82, 2.24) is 8.87 Å². The van der Waals surface area contributed by atoms with Crippen molar-refractivity contribution in [3.63, 3.8) is 0 Å². The van der Waals surface area contributed by atoms with Crippen molar-refractivity contribution in [2.45, 2.75) is 32.2 Å². The molecule has 1 aromatic carbocycles. The molecule has 2 aliphatic rings. The molecule has 0 N–H and O–H groups in total. The number of amides is 1. The van der Waals surface area contributed by atoms with Crippen LogP contribution in [0.1, 0.15) is 29.4 Å². The number of likely N-dealkylation sites (N-methyl/N-ethyl adjacent to an activating group) is 1. The zero-order chi connectivity index (χ0) is 23.8. The summed E-state index contributed by atoms with van der Waals surface area (Å²) >= 11 is 0. The lowest BCUT2D eigenvalue weighted by atomic mass is 10.0. The predicted molar refractivity (Wildman–Crippen MR) is 128 cm³/mol. The first-order valence-corrected chi connectivity index (χ1v) is 12.6. The average Bonchev–Trinajstić information content (AvgIpc) is 3.24. The third-order valence-electron chi connectivity index (χ3n) is 6.38. The van der Waals surface area contributed by atoms with Crippen LogP contribution in [0.2, 0.25) is 0 Å². The monoisotopic (exact) mass is 473 g/mol. The van der Waals surface area contributed by atoms with E-state index in [-0.39, 0.29) is 10.8 Å². The molecule has 8 nitrogen and oxygen atoms in total. The van der Waals surface area contributed by atoms with Gasteiger partial charge in [-0.05, 0) is 56.7 Å². The van der Waals surface area contributed by atoms with Gasteiger partial charge in [-0.1, -0.05) is 0 Å². The highest BCUT2D eigenvalue weighted by Gasteiger charge is 2.34. The Morgan fingerprint density at radius 2 is 1.88 bits per heavy atom. The topological polar surface area (TPSA) is 81.1 Å². The summed E-state index contributed by atoms with van der Waals surface area (Å²) in [6.45, 7) is 9.22. The van der Waals surface area contributed by atoms with E-state index in [1.54, 1.807) is 30.2 Å². The fraction of sp³-hybridized carbons (Fsp3) is 0.458. The molecule has 0 bridgehead atoms. The summed E-state index contributed by atoms with van der Waals surface area (Å²) in [5.74, 6) is -0.116. The van der Waals surface area contributed by atoms with Crippen molar-refractivity contribution in [2.75, 3.05) is 51.5 Å². The van der Waals surface area contributed by atoms with E-state index in [0.717, 1.165) is 29.2 Å². The standard InChI is InChI=1S/C24H31N3O5S/c1-5-26-23-7-6-20(33(29,30)25-8-12-32-13-9-25)16-21(23)22(24(26)28)15-19-14-17(2)27(18(19)3)10-11-31-4/h6-7,14-16H,5,8-13H2,1-4H3/b22-15-. The van der Waals surface area contributed by atoms with Crippen LogP contribution in [-0.2, 0) is 30.8 Å². The number of aryl methyl sites for hydroxylation is 1. The number of anilines is 1. The number of benzene rings is 1. The van der Waals surface area contributed by atoms with Crippen LogP contribution in [0.4, 0.5) is 5.69 Å². The highest BCUT2D eigenvalue weighted by atomic mass is 32.2. The zero-order valence-corrected chi connectivity index (χ0v) is 20.4. The fourth-order valence-electron chi connectivity index (χ4n) is 4.54. The van der Waals surface area contributed by atoms with Gasteiger partial charge in [0.1, 0.15) is 0 Å². The summed E-state index contributed by atoms with van der Waals surface area (Å²) in [7, 11) is -1.99. The number of sulfonamides is 1. The third kappa shape index (κ3) is 4.26. The number of rotatable bonds is 7. The Kier molecular flexibility index (Phi) is 6.76. The van der Waals surface area contributed by atoms with E-state index >= 15 is 0 Å². The second-order valence-corrected chi connectivity index (χ2v) is 10.2. The number of fused-ring (bicyclic) bond motifs is 1. The lowest BCUT2D eigenvalue weighted by Crippen LogP contribution is -2.40. The van der Waals surface area contributed by atoms with Crippen LogP contribution in [0.5, 0.6) is 0 Å². The molecule has 3 heterocycles. The van der Waals surface area contributed by atoms with Crippen molar-refractivity contribution in [3.8, 4) is 0 Å². The van der Waals surface area contributed by atoms with Crippen molar-refractivity contribution < 1.29 is 22.7 Å². The molecule has 1 saturated heterocycles. The molecule has 0 radical (unpaired) electrons. The molecule has 0 unspecified atom stereocenters. The van der Waals surface area contributed by atoms with Gasteiger partial charge in [-0.2, -0.15) is 4.31 Å². The van der Waals surface area contributed by atoms with Gasteiger partial charge in [0, 0.05) is 55.8 Å².